The second-order valence-corrected chi connectivity index (χ2v) is 5.99. The number of hydrogen-bond donors (Lipinski definition) is 0. The lowest BCUT2D eigenvalue weighted by Crippen LogP contribution is -2.22. The van der Waals surface area contributed by atoms with Gasteiger partial charge in [0.05, 0.1) is 18.3 Å². The summed E-state index contributed by atoms with van der Waals surface area (Å²) in [5.74, 6) is 1.95. The van der Waals surface area contributed by atoms with Gasteiger partial charge >= 0.3 is 0 Å². The second-order valence-electron chi connectivity index (χ2n) is 5.99. The molecule has 1 atom stereocenters. The average Bonchev–Trinajstić information content (AvgIpc) is 3.15. The van der Waals surface area contributed by atoms with Crippen LogP contribution in [0.15, 0.2) is 34.9 Å². The fraction of sp³-hybridized carbons (Fsp3) is 0.500. The molecule has 0 aliphatic carbocycles. The van der Waals surface area contributed by atoms with E-state index in [9.17, 15) is 0 Å². The molecule has 1 aromatic heterocycles. The molecule has 1 aliphatic rings. The smallest absolute Gasteiger partial charge is 0.154 e. The first kappa shape index (κ1) is 15.1. The van der Waals surface area contributed by atoms with Gasteiger partial charge in [-0.2, -0.15) is 0 Å². The fourth-order valence-electron chi connectivity index (χ4n) is 3.02. The third-order valence-electron chi connectivity index (χ3n) is 4.12. The van der Waals surface area contributed by atoms with Gasteiger partial charge in [-0.05, 0) is 50.4 Å². The number of hydrogen-bond acceptors (Lipinski definition) is 4. The van der Waals surface area contributed by atoms with Crippen molar-refractivity contribution in [1.29, 1.82) is 0 Å². The normalized spacial score (nSPS) is 18.7. The molecule has 1 saturated heterocycles. The van der Waals surface area contributed by atoms with Gasteiger partial charge in [0.2, 0.25) is 0 Å². The Hall–Kier alpha value is -1.81. The lowest BCUT2D eigenvalue weighted by Gasteiger charge is -2.22. The molecule has 0 radical (unpaired) electrons. The number of rotatable bonds is 6. The third kappa shape index (κ3) is 3.50. The van der Waals surface area contributed by atoms with Crippen molar-refractivity contribution in [3.05, 3.63) is 47.3 Å². The van der Waals surface area contributed by atoms with Crippen molar-refractivity contribution in [2.75, 3.05) is 13.2 Å². The van der Waals surface area contributed by atoms with Gasteiger partial charge < -0.3 is 9.26 Å². The Labute approximate surface area is 132 Å². The summed E-state index contributed by atoms with van der Waals surface area (Å²) < 4.78 is 11.1. The Kier molecular flexibility index (Phi) is 4.78. The monoisotopic (exact) mass is 300 g/mol. The Morgan fingerprint density at radius 1 is 1.32 bits per heavy atom. The highest BCUT2D eigenvalue weighted by Crippen LogP contribution is 2.33. The van der Waals surface area contributed by atoms with Crippen LogP contribution < -0.4 is 4.74 Å². The Balaban J connectivity index is 1.64. The van der Waals surface area contributed by atoms with Crippen LogP contribution in [-0.2, 0) is 6.54 Å². The summed E-state index contributed by atoms with van der Waals surface area (Å²) in [4.78, 5) is 2.47. The van der Waals surface area contributed by atoms with Crippen molar-refractivity contribution < 1.29 is 9.26 Å². The maximum Gasteiger partial charge on any atom is 0.154 e. The summed E-state index contributed by atoms with van der Waals surface area (Å²) in [5, 5.41) is 4.02. The topological polar surface area (TPSA) is 38.5 Å². The fourth-order valence-corrected chi connectivity index (χ4v) is 3.02. The molecule has 0 spiro atoms. The van der Waals surface area contributed by atoms with Crippen molar-refractivity contribution in [3.8, 4) is 5.75 Å². The van der Waals surface area contributed by atoms with E-state index in [0.717, 1.165) is 49.7 Å². The molecule has 2 aromatic rings. The van der Waals surface area contributed by atoms with Crippen LogP contribution in [0, 0.1) is 6.92 Å². The van der Waals surface area contributed by atoms with Crippen molar-refractivity contribution in [2.24, 2.45) is 0 Å². The van der Waals surface area contributed by atoms with Crippen LogP contribution in [0.2, 0.25) is 0 Å². The SMILES string of the molecule is CCCOc1ccc(CN2CCC[C@@H]2c2cc(C)no2)cc1. The highest BCUT2D eigenvalue weighted by atomic mass is 16.5. The Bertz CT molecular complexity index is 591. The summed E-state index contributed by atoms with van der Waals surface area (Å²) in [6, 6.07) is 10.9. The number of benzene rings is 1. The predicted octanol–water partition coefficient (Wildman–Crippen LogP) is 4.11. The zero-order valence-electron chi connectivity index (χ0n) is 13.4. The molecule has 0 amide bonds. The van der Waals surface area contributed by atoms with Crippen LogP contribution in [0.3, 0.4) is 0 Å². The quantitative estimate of drug-likeness (QED) is 0.804. The maximum atomic E-state index is 5.64. The maximum absolute atomic E-state index is 5.64. The van der Waals surface area contributed by atoms with Gasteiger partial charge in [-0.3, -0.25) is 4.90 Å². The summed E-state index contributed by atoms with van der Waals surface area (Å²) in [6.45, 7) is 6.92. The van der Waals surface area contributed by atoms with E-state index in [4.69, 9.17) is 9.26 Å². The van der Waals surface area contributed by atoms with Crippen molar-refractivity contribution in [3.63, 3.8) is 0 Å². The minimum Gasteiger partial charge on any atom is -0.494 e. The van der Waals surface area contributed by atoms with E-state index < -0.39 is 0 Å². The van der Waals surface area contributed by atoms with Gasteiger partial charge in [-0.25, -0.2) is 0 Å². The molecule has 22 heavy (non-hydrogen) atoms. The van der Waals surface area contributed by atoms with E-state index in [1.165, 1.54) is 12.0 Å². The van der Waals surface area contributed by atoms with E-state index in [2.05, 4.69) is 47.3 Å². The number of ether oxygens (including phenoxy) is 1. The van der Waals surface area contributed by atoms with Crippen molar-refractivity contribution in [1.82, 2.24) is 10.1 Å². The van der Waals surface area contributed by atoms with Crippen LogP contribution in [0.1, 0.15) is 49.2 Å². The lowest BCUT2D eigenvalue weighted by atomic mass is 10.1. The molecule has 0 saturated carbocycles. The van der Waals surface area contributed by atoms with E-state index in [-0.39, 0.29) is 0 Å². The summed E-state index contributed by atoms with van der Waals surface area (Å²) in [5.41, 5.74) is 2.27. The largest absolute Gasteiger partial charge is 0.494 e. The number of aromatic nitrogens is 1. The van der Waals surface area contributed by atoms with Gasteiger partial charge in [0.15, 0.2) is 5.76 Å². The zero-order chi connectivity index (χ0) is 15.4. The Morgan fingerprint density at radius 3 is 2.82 bits per heavy atom. The first-order chi connectivity index (χ1) is 10.8. The number of nitrogens with zero attached hydrogens (tertiary/aromatic N) is 2. The molecule has 4 nitrogen and oxygen atoms in total. The van der Waals surface area contributed by atoms with Crippen molar-refractivity contribution >= 4 is 0 Å². The molecule has 1 aliphatic heterocycles. The zero-order valence-corrected chi connectivity index (χ0v) is 13.4. The second kappa shape index (κ2) is 6.97. The Morgan fingerprint density at radius 2 is 2.14 bits per heavy atom. The molecule has 1 fully saturated rings. The highest BCUT2D eigenvalue weighted by Gasteiger charge is 2.28. The summed E-state index contributed by atoms with van der Waals surface area (Å²) in [6.07, 6.45) is 3.39. The van der Waals surface area contributed by atoms with E-state index in [1.54, 1.807) is 0 Å². The van der Waals surface area contributed by atoms with Gasteiger partial charge in [0.1, 0.15) is 5.75 Å². The van der Waals surface area contributed by atoms with Crippen molar-refractivity contribution in [2.45, 2.75) is 45.7 Å². The molecule has 3 rings (SSSR count). The van der Waals surface area contributed by atoms with Gasteiger partial charge in [-0.15, -0.1) is 0 Å². The predicted molar refractivity (Wildman–Crippen MR) is 85.9 cm³/mol. The molecule has 1 aromatic carbocycles. The molecule has 0 bridgehead atoms. The number of aryl methyl sites for hydroxylation is 1. The van der Waals surface area contributed by atoms with Crippen LogP contribution >= 0.6 is 0 Å². The highest BCUT2D eigenvalue weighted by molar-refractivity contribution is 5.27. The molecule has 118 valence electrons. The molecular formula is C18H24N2O2. The van der Waals surface area contributed by atoms with E-state index >= 15 is 0 Å². The molecule has 2 heterocycles. The molecular weight excluding hydrogens is 276 g/mol. The van der Waals surface area contributed by atoms with Crippen LogP contribution in [0.5, 0.6) is 5.75 Å². The first-order valence-corrected chi connectivity index (χ1v) is 8.15. The molecule has 4 heteroatoms. The summed E-state index contributed by atoms with van der Waals surface area (Å²) in [7, 11) is 0. The molecule has 0 N–H and O–H groups in total. The van der Waals surface area contributed by atoms with Gasteiger partial charge in [-0.1, -0.05) is 24.2 Å². The van der Waals surface area contributed by atoms with Gasteiger partial charge in [0, 0.05) is 12.6 Å². The minimum atomic E-state index is 0.359. The van der Waals surface area contributed by atoms with E-state index in [1.807, 2.05) is 6.92 Å². The standard InChI is InChI=1S/C18H24N2O2/c1-3-11-21-16-8-6-15(7-9-16)13-20-10-4-5-17(20)18-12-14(2)19-22-18/h6-9,12,17H,3-5,10-11,13H2,1-2H3/t17-/m1/s1. The average molecular weight is 300 g/mol. The van der Waals surface area contributed by atoms with Crippen LogP contribution in [0.4, 0.5) is 0 Å². The number of likely N-dealkylation sites (tertiary alicyclic amines) is 1. The van der Waals surface area contributed by atoms with E-state index in [0.29, 0.717) is 6.04 Å². The third-order valence-corrected chi connectivity index (χ3v) is 4.12. The minimum absolute atomic E-state index is 0.359. The molecule has 0 unspecified atom stereocenters. The lowest BCUT2D eigenvalue weighted by molar-refractivity contribution is 0.206. The first-order valence-electron chi connectivity index (χ1n) is 8.15. The summed E-state index contributed by atoms with van der Waals surface area (Å²) >= 11 is 0. The van der Waals surface area contributed by atoms with Gasteiger partial charge in [0.25, 0.3) is 0 Å². The van der Waals surface area contributed by atoms with Crippen LogP contribution in [0.25, 0.3) is 0 Å². The van der Waals surface area contributed by atoms with Crippen LogP contribution in [-0.4, -0.2) is 23.2 Å².